The van der Waals surface area contributed by atoms with Gasteiger partial charge in [-0.2, -0.15) is 0 Å². The molecule has 1 aromatic carbocycles. The minimum atomic E-state index is -0.297. The van der Waals surface area contributed by atoms with Crippen LogP contribution in [0.2, 0.25) is 5.02 Å². The van der Waals surface area contributed by atoms with Crippen LogP contribution in [-0.4, -0.2) is 18.0 Å². The first kappa shape index (κ1) is 15.1. The third-order valence-electron chi connectivity index (χ3n) is 2.94. The lowest BCUT2D eigenvalue weighted by Gasteiger charge is -2.10. The summed E-state index contributed by atoms with van der Waals surface area (Å²) in [6, 6.07) is 8.28. The van der Waals surface area contributed by atoms with Crippen molar-refractivity contribution in [3.8, 4) is 5.75 Å². The van der Waals surface area contributed by atoms with E-state index in [1.807, 2.05) is 6.92 Å². The Morgan fingerprint density at radius 3 is 2.81 bits per heavy atom. The highest BCUT2D eigenvalue weighted by Crippen LogP contribution is 2.27. The number of carbonyl (C=O) groups excluding carboxylic acids is 1. The number of halogens is 1. The molecule has 110 valence electrons. The van der Waals surface area contributed by atoms with E-state index >= 15 is 0 Å². The summed E-state index contributed by atoms with van der Waals surface area (Å²) in [4.78, 5) is 16.4. The number of pyridine rings is 1. The molecule has 0 atom stereocenters. The summed E-state index contributed by atoms with van der Waals surface area (Å²) >= 11 is 6.07. The van der Waals surface area contributed by atoms with Crippen molar-refractivity contribution in [3.63, 3.8) is 0 Å². The highest BCUT2D eigenvalue weighted by Gasteiger charge is 2.11. The van der Waals surface area contributed by atoms with E-state index in [1.54, 1.807) is 31.4 Å². The Morgan fingerprint density at radius 2 is 2.14 bits per heavy atom. The standard InChI is InChI=1S/C15H16ClN3O2/c1-3-10-6-9(7-14(17)18-10)15(20)19-13-8-11(21-2)4-5-12(13)16/h4-8H,3H2,1-2H3,(H2,17,18)(H,19,20). The lowest BCUT2D eigenvalue weighted by Crippen LogP contribution is -2.14. The van der Waals surface area contributed by atoms with Crippen molar-refractivity contribution in [3.05, 3.63) is 46.6 Å². The Kier molecular flexibility index (Phi) is 4.65. The quantitative estimate of drug-likeness (QED) is 0.909. The van der Waals surface area contributed by atoms with Crippen molar-refractivity contribution >= 4 is 29.0 Å². The number of nitrogens with one attached hydrogen (secondary N) is 1. The fourth-order valence-corrected chi connectivity index (χ4v) is 2.01. The molecule has 1 amide bonds. The van der Waals surface area contributed by atoms with Crippen LogP contribution in [0.3, 0.4) is 0 Å². The van der Waals surface area contributed by atoms with Gasteiger partial charge >= 0.3 is 0 Å². The van der Waals surface area contributed by atoms with E-state index in [-0.39, 0.29) is 5.91 Å². The van der Waals surface area contributed by atoms with Gasteiger partial charge in [-0.1, -0.05) is 18.5 Å². The lowest BCUT2D eigenvalue weighted by molar-refractivity contribution is 0.102. The van der Waals surface area contributed by atoms with E-state index < -0.39 is 0 Å². The maximum absolute atomic E-state index is 12.3. The first-order valence-corrected chi connectivity index (χ1v) is 6.82. The van der Waals surface area contributed by atoms with Crippen molar-refractivity contribution in [2.75, 3.05) is 18.2 Å². The van der Waals surface area contributed by atoms with Crippen molar-refractivity contribution in [2.45, 2.75) is 13.3 Å². The Labute approximate surface area is 128 Å². The van der Waals surface area contributed by atoms with Gasteiger partial charge in [-0.15, -0.1) is 0 Å². The molecule has 2 aromatic rings. The number of benzene rings is 1. The number of hydrogen-bond donors (Lipinski definition) is 2. The van der Waals surface area contributed by atoms with Crippen LogP contribution >= 0.6 is 11.6 Å². The number of hydrogen-bond acceptors (Lipinski definition) is 4. The van der Waals surface area contributed by atoms with Crippen LogP contribution in [0.4, 0.5) is 11.5 Å². The number of ether oxygens (including phenoxy) is 1. The zero-order chi connectivity index (χ0) is 15.4. The van der Waals surface area contributed by atoms with Crippen LogP contribution in [0.5, 0.6) is 5.75 Å². The number of amides is 1. The number of nitrogen functional groups attached to an aromatic ring is 1. The second-order valence-electron chi connectivity index (χ2n) is 4.43. The Morgan fingerprint density at radius 1 is 1.38 bits per heavy atom. The SMILES string of the molecule is CCc1cc(C(=O)Nc2cc(OC)ccc2Cl)cc(N)n1. The molecule has 0 saturated heterocycles. The number of aryl methyl sites for hydroxylation is 1. The molecule has 1 heterocycles. The van der Waals surface area contributed by atoms with Gasteiger partial charge in [0.05, 0.1) is 17.8 Å². The van der Waals surface area contributed by atoms with E-state index in [1.165, 1.54) is 6.07 Å². The van der Waals surface area contributed by atoms with Crippen LogP contribution in [0.1, 0.15) is 23.0 Å². The van der Waals surface area contributed by atoms with E-state index in [2.05, 4.69) is 10.3 Å². The largest absolute Gasteiger partial charge is 0.497 e. The molecule has 3 N–H and O–H groups in total. The molecule has 0 saturated carbocycles. The zero-order valence-electron chi connectivity index (χ0n) is 11.8. The average Bonchev–Trinajstić information content (AvgIpc) is 2.48. The molecule has 21 heavy (non-hydrogen) atoms. The normalized spacial score (nSPS) is 10.2. The number of methoxy groups -OCH3 is 1. The number of nitrogens with two attached hydrogens (primary N) is 1. The molecule has 6 heteroatoms. The first-order chi connectivity index (χ1) is 10.0. The van der Waals surface area contributed by atoms with Crippen LogP contribution in [-0.2, 0) is 6.42 Å². The number of carbonyl (C=O) groups is 1. The summed E-state index contributed by atoms with van der Waals surface area (Å²) in [6.07, 6.45) is 0.700. The summed E-state index contributed by atoms with van der Waals surface area (Å²) in [5.41, 5.74) is 7.39. The highest BCUT2D eigenvalue weighted by atomic mass is 35.5. The molecule has 0 fully saturated rings. The van der Waals surface area contributed by atoms with Crippen molar-refractivity contribution < 1.29 is 9.53 Å². The van der Waals surface area contributed by atoms with Gasteiger partial charge in [0.2, 0.25) is 0 Å². The van der Waals surface area contributed by atoms with Gasteiger partial charge in [0, 0.05) is 17.3 Å². The average molecular weight is 306 g/mol. The van der Waals surface area contributed by atoms with Crippen LogP contribution in [0.15, 0.2) is 30.3 Å². The van der Waals surface area contributed by atoms with Gasteiger partial charge in [-0.05, 0) is 30.7 Å². The predicted octanol–water partition coefficient (Wildman–Crippen LogP) is 3.14. The topological polar surface area (TPSA) is 77.2 Å². The summed E-state index contributed by atoms with van der Waals surface area (Å²) in [5, 5.41) is 3.18. The number of nitrogens with zero attached hydrogens (tertiary/aromatic N) is 1. The summed E-state index contributed by atoms with van der Waals surface area (Å²) < 4.78 is 5.11. The first-order valence-electron chi connectivity index (χ1n) is 6.44. The Bertz CT molecular complexity index is 674. The molecular formula is C15H16ClN3O2. The molecule has 0 radical (unpaired) electrons. The fraction of sp³-hybridized carbons (Fsp3) is 0.200. The molecular weight excluding hydrogens is 290 g/mol. The number of anilines is 2. The second-order valence-corrected chi connectivity index (χ2v) is 4.83. The summed E-state index contributed by atoms with van der Waals surface area (Å²) in [5.74, 6) is 0.628. The van der Waals surface area contributed by atoms with Crippen LogP contribution < -0.4 is 15.8 Å². The van der Waals surface area contributed by atoms with Crippen LogP contribution in [0, 0.1) is 0 Å². The van der Waals surface area contributed by atoms with E-state index in [9.17, 15) is 4.79 Å². The Hall–Kier alpha value is -2.27. The van der Waals surface area contributed by atoms with Crippen molar-refractivity contribution in [1.82, 2.24) is 4.98 Å². The minimum absolute atomic E-state index is 0.297. The summed E-state index contributed by atoms with van der Waals surface area (Å²) in [6.45, 7) is 1.95. The minimum Gasteiger partial charge on any atom is -0.497 e. The van der Waals surface area contributed by atoms with Gasteiger partial charge in [-0.3, -0.25) is 4.79 Å². The van der Waals surface area contributed by atoms with Gasteiger partial charge in [0.15, 0.2) is 0 Å². The van der Waals surface area contributed by atoms with Crippen molar-refractivity contribution in [2.24, 2.45) is 0 Å². The molecule has 0 aliphatic carbocycles. The maximum atomic E-state index is 12.3. The van der Waals surface area contributed by atoms with E-state index in [0.717, 1.165) is 5.69 Å². The van der Waals surface area contributed by atoms with Gasteiger partial charge in [0.25, 0.3) is 5.91 Å². The molecule has 0 aliphatic rings. The summed E-state index contributed by atoms with van der Waals surface area (Å²) in [7, 11) is 1.55. The molecule has 1 aromatic heterocycles. The zero-order valence-corrected chi connectivity index (χ0v) is 12.6. The van der Waals surface area contributed by atoms with Gasteiger partial charge < -0.3 is 15.8 Å². The predicted molar refractivity (Wildman–Crippen MR) is 84.0 cm³/mol. The van der Waals surface area contributed by atoms with Gasteiger partial charge in [0.1, 0.15) is 11.6 Å². The van der Waals surface area contributed by atoms with Crippen LogP contribution in [0.25, 0.3) is 0 Å². The molecule has 0 bridgehead atoms. The third kappa shape index (κ3) is 3.64. The van der Waals surface area contributed by atoms with E-state index in [0.29, 0.717) is 34.3 Å². The smallest absolute Gasteiger partial charge is 0.255 e. The molecule has 0 aliphatic heterocycles. The maximum Gasteiger partial charge on any atom is 0.255 e. The second kappa shape index (κ2) is 6.45. The molecule has 5 nitrogen and oxygen atoms in total. The molecule has 2 rings (SSSR count). The number of rotatable bonds is 4. The molecule has 0 unspecified atom stereocenters. The lowest BCUT2D eigenvalue weighted by atomic mass is 10.1. The molecule has 0 spiro atoms. The number of aromatic nitrogens is 1. The monoisotopic (exact) mass is 305 g/mol. The fourth-order valence-electron chi connectivity index (χ4n) is 1.84. The van der Waals surface area contributed by atoms with Crippen molar-refractivity contribution in [1.29, 1.82) is 0 Å². The van der Waals surface area contributed by atoms with E-state index in [4.69, 9.17) is 22.1 Å². The Balaban J connectivity index is 2.27. The highest BCUT2D eigenvalue weighted by molar-refractivity contribution is 6.34. The third-order valence-corrected chi connectivity index (χ3v) is 3.27. The van der Waals surface area contributed by atoms with Gasteiger partial charge in [-0.25, -0.2) is 4.98 Å².